The molecule has 2 saturated heterocycles. The molecule has 4 atom stereocenters. The Morgan fingerprint density at radius 2 is 1.96 bits per heavy atom. The van der Waals surface area contributed by atoms with Crippen molar-refractivity contribution in [3.8, 4) is 0 Å². The van der Waals surface area contributed by atoms with Gasteiger partial charge in [-0.15, -0.1) is 0 Å². The molecule has 26 heavy (non-hydrogen) atoms. The maximum Gasteiger partial charge on any atom is 0.291 e. The summed E-state index contributed by atoms with van der Waals surface area (Å²) >= 11 is 0. The van der Waals surface area contributed by atoms with Gasteiger partial charge in [-0.1, -0.05) is 26.3 Å². The second-order valence-corrected chi connectivity index (χ2v) is 7.77. The van der Waals surface area contributed by atoms with Gasteiger partial charge >= 0.3 is 0 Å². The van der Waals surface area contributed by atoms with Crippen LogP contribution in [-0.2, 0) is 26.3 Å². The molecule has 3 N–H and O–H groups in total. The van der Waals surface area contributed by atoms with Gasteiger partial charge in [-0.05, 0) is 37.5 Å². The van der Waals surface area contributed by atoms with E-state index in [-0.39, 0.29) is 23.8 Å². The number of anilines is 1. The number of benzene rings is 1. The van der Waals surface area contributed by atoms with Crippen molar-refractivity contribution in [1.82, 2.24) is 4.90 Å². The number of quaternary nitrogens is 1. The standard InChI is InChI=1S/C20H25N3O3/c1-4-6-9-23-17(24)15-11(3)22-20(16(15)18(23)25)13-10-12(5-2)7-8-14(13)21-19(20)26/h7-8,10-11,15-16,22H,4-6,9H2,1-3H3,(H,21,26)/p+1/t11-,15+,16-,20+/m0/s1. The van der Waals surface area contributed by atoms with E-state index in [0.717, 1.165) is 36.1 Å². The number of nitrogens with two attached hydrogens (primary N) is 1. The van der Waals surface area contributed by atoms with Crippen LogP contribution in [0.3, 0.4) is 0 Å². The molecule has 6 heteroatoms. The molecular formula is C20H26N3O3+. The number of carbonyl (C=O) groups is 3. The first-order chi connectivity index (χ1) is 12.5. The van der Waals surface area contributed by atoms with E-state index in [4.69, 9.17) is 0 Å². The summed E-state index contributed by atoms with van der Waals surface area (Å²) in [6, 6.07) is 5.85. The molecule has 0 bridgehead atoms. The van der Waals surface area contributed by atoms with Crippen LogP contribution in [0.4, 0.5) is 5.69 Å². The van der Waals surface area contributed by atoms with Gasteiger partial charge in [0.2, 0.25) is 17.4 Å². The molecule has 0 unspecified atom stereocenters. The highest BCUT2D eigenvalue weighted by Gasteiger charge is 2.73. The number of carbonyl (C=O) groups excluding carboxylic acids is 3. The van der Waals surface area contributed by atoms with E-state index in [1.165, 1.54) is 4.90 Å². The first kappa shape index (κ1) is 17.2. The minimum absolute atomic E-state index is 0.106. The summed E-state index contributed by atoms with van der Waals surface area (Å²) in [6.45, 7) is 6.51. The lowest BCUT2D eigenvalue weighted by Gasteiger charge is -2.26. The van der Waals surface area contributed by atoms with Crippen LogP contribution in [0.1, 0.15) is 44.7 Å². The molecule has 1 aromatic carbocycles. The van der Waals surface area contributed by atoms with Crippen molar-refractivity contribution in [2.24, 2.45) is 11.8 Å². The number of hydrogen-bond acceptors (Lipinski definition) is 3. The predicted octanol–water partition coefficient (Wildman–Crippen LogP) is 0.763. The number of imide groups is 1. The Morgan fingerprint density at radius 1 is 1.19 bits per heavy atom. The molecule has 0 saturated carbocycles. The molecule has 6 nitrogen and oxygen atoms in total. The first-order valence-electron chi connectivity index (χ1n) is 9.61. The zero-order valence-electron chi connectivity index (χ0n) is 15.5. The third-order valence-electron chi connectivity index (χ3n) is 6.32. The second kappa shape index (κ2) is 5.91. The lowest BCUT2D eigenvalue weighted by atomic mass is 9.76. The van der Waals surface area contributed by atoms with Gasteiger partial charge in [-0.2, -0.15) is 0 Å². The molecule has 0 aliphatic carbocycles. The molecule has 2 fully saturated rings. The third-order valence-corrected chi connectivity index (χ3v) is 6.32. The van der Waals surface area contributed by atoms with Crippen molar-refractivity contribution >= 4 is 23.4 Å². The van der Waals surface area contributed by atoms with Crippen LogP contribution in [0.15, 0.2) is 18.2 Å². The molecule has 1 spiro atoms. The summed E-state index contributed by atoms with van der Waals surface area (Å²) in [5.41, 5.74) is 1.74. The Labute approximate surface area is 153 Å². The number of likely N-dealkylation sites (tertiary alicyclic amines) is 1. The number of nitrogens with one attached hydrogen (secondary N) is 1. The average Bonchev–Trinajstić information content (AvgIpc) is 3.18. The highest BCUT2D eigenvalue weighted by molar-refractivity contribution is 6.13. The van der Waals surface area contributed by atoms with Crippen LogP contribution in [0, 0.1) is 11.8 Å². The second-order valence-electron chi connectivity index (χ2n) is 7.77. The molecule has 3 aliphatic rings. The van der Waals surface area contributed by atoms with Crippen LogP contribution < -0.4 is 10.6 Å². The van der Waals surface area contributed by atoms with Crippen LogP contribution in [0.2, 0.25) is 0 Å². The topological polar surface area (TPSA) is 83.1 Å². The van der Waals surface area contributed by atoms with Crippen molar-refractivity contribution in [3.05, 3.63) is 29.3 Å². The maximum absolute atomic E-state index is 13.2. The van der Waals surface area contributed by atoms with E-state index in [1.54, 1.807) is 0 Å². The van der Waals surface area contributed by atoms with Crippen LogP contribution >= 0.6 is 0 Å². The van der Waals surface area contributed by atoms with Gasteiger partial charge in [0.05, 0.1) is 11.7 Å². The fraction of sp³-hybridized carbons (Fsp3) is 0.550. The van der Waals surface area contributed by atoms with Crippen molar-refractivity contribution in [3.63, 3.8) is 0 Å². The number of amides is 3. The SMILES string of the molecule is CCCCN1C(=O)[C@@H]2[C@H](C)[NH2+][C@@]3(C(=O)Nc4ccc(CC)cc43)[C@@H]2C1=O. The average molecular weight is 356 g/mol. The summed E-state index contributed by atoms with van der Waals surface area (Å²) in [5.74, 6) is -1.50. The molecule has 3 heterocycles. The summed E-state index contributed by atoms with van der Waals surface area (Å²) in [4.78, 5) is 40.7. The predicted molar refractivity (Wildman–Crippen MR) is 96.1 cm³/mol. The molecule has 0 aromatic heterocycles. The zero-order chi connectivity index (χ0) is 18.6. The van der Waals surface area contributed by atoms with E-state index in [0.29, 0.717) is 6.54 Å². The Hall–Kier alpha value is -2.21. The molecule has 3 amide bonds. The minimum Gasteiger partial charge on any atom is -0.326 e. The Morgan fingerprint density at radius 3 is 2.65 bits per heavy atom. The van der Waals surface area contributed by atoms with Crippen molar-refractivity contribution in [2.75, 3.05) is 11.9 Å². The molecular weight excluding hydrogens is 330 g/mol. The highest BCUT2D eigenvalue weighted by atomic mass is 16.2. The van der Waals surface area contributed by atoms with Gasteiger partial charge in [0, 0.05) is 12.1 Å². The van der Waals surface area contributed by atoms with Gasteiger partial charge in [-0.25, -0.2) is 0 Å². The van der Waals surface area contributed by atoms with Gasteiger partial charge in [0.25, 0.3) is 5.91 Å². The smallest absolute Gasteiger partial charge is 0.291 e. The van der Waals surface area contributed by atoms with E-state index in [9.17, 15) is 14.4 Å². The number of fused-ring (bicyclic) bond motifs is 4. The quantitative estimate of drug-likeness (QED) is 0.782. The van der Waals surface area contributed by atoms with Gasteiger partial charge in [0.1, 0.15) is 11.8 Å². The van der Waals surface area contributed by atoms with Crippen LogP contribution in [-0.4, -0.2) is 35.2 Å². The minimum atomic E-state index is -1.02. The lowest BCUT2D eigenvalue weighted by molar-refractivity contribution is -0.730. The van der Waals surface area contributed by atoms with Gasteiger partial charge in [0.15, 0.2) is 0 Å². The normalized spacial score (nSPS) is 32.3. The largest absolute Gasteiger partial charge is 0.326 e. The Balaban J connectivity index is 1.83. The van der Waals surface area contributed by atoms with Crippen molar-refractivity contribution < 1.29 is 19.7 Å². The monoisotopic (exact) mass is 356 g/mol. The number of hydrogen-bond donors (Lipinski definition) is 2. The zero-order valence-corrected chi connectivity index (χ0v) is 15.5. The van der Waals surface area contributed by atoms with Crippen molar-refractivity contribution in [2.45, 2.75) is 51.6 Å². The molecule has 4 rings (SSSR count). The van der Waals surface area contributed by atoms with E-state index >= 15 is 0 Å². The Bertz CT molecular complexity index is 805. The van der Waals surface area contributed by atoms with E-state index in [1.807, 2.05) is 37.4 Å². The van der Waals surface area contributed by atoms with Crippen LogP contribution in [0.25, 0.3) is 0 Å². The Kier molecular flexibility index (Phi) is 3.91. The number of nitrogens with zero attached hydrogens (tertiary/aromatic N) is 1. The number of aryl methyl sites for hydroxylation is 1. The molecule has 0 radical (unpaired) electrons. The van der Waals surface area contributed by atoms with Crippen LogP contribution in [0.5, 0.6) is 0 Å². The van der Waals surface area contributed by atoms with E-state index < -0.39 is 17.4 Å². The highest BCUT2D eigenvalue weighted by Crippen LogP contribution is 2.49. The fourth-order valence-electron chi connectivity index (χ4n) is 5.00. The lowest BCUT2D eigenvalue weighted by Crippen LogP contribution is -2.98. The summed E-state index contributed by atoms with van der Waals surface area (Å²) < 4.78 is 0. The van der Waals surface area contributed by atoms with Gasteiger partial charge in [-0.3, -0.25) is 19.3 Å². The number of rotatable bonds is 4. The van der Waals surface area contributed by atoms with Crippen molar-refractivity contribution in [1.29, 1.82) is 0 Å². The fourth-order valence-corrected chi connectivity index (χ4v) is 5.00. The van der Waals surface area contributed by atoms with E-state index in [2.05, 4.69) is 12.2 Å². The summed E-state index contributed by atoms with van der Waals surface area (Å²) in [5, 5.41) is 4.91. The maximum atomic E-state index is 13.2. The first-order valence-corrected chi connectivity index (χ1v) is 9.61. The summed E-state index contributed by atoms with van der Waals surface area (Å²) in [6.07, 6.45) is 2.57. The molecule has 1 aromatic rings. The van der Waals surface area contributed by atoms with Gasteiger partial charge < -0.3 is 10.6 Å². The summed E-state index contributed by atoms with van der Waals surface area (Å²) in [7, 11) is 0. The third kappa shape index (κ3) is 2.05. The number of unbranched alkanes of at least 4 members (excludes halogenated alkanes) is 1. The molecule has 3 aliphatic heterocycles. The molecule has 138 valence electrons.